The van der Waals surface area contributed by atoms with Crippen molar-refractivity contribution >= 4 is 83.5 Å². The molecule has 0 N–H and O–H groups in total. The predicted molar refractivity (Wildman–Crippen MR) is 144 cm³/mol. The van der Waals surface area contributed by atoms with Crippen LogP contribution in [0.4, 0.5) is 8.78 Å². The third kappa shape index (κ3) is 5.03. The molecule has 0 bridgehead atoms. The Morgan fingerprint density at radius 1 is 0.722 bits per heavy atom. The molecule has 0 radical (unpaired) electrons. The van der Waals surface area contributed by atoms with Crippen LogP contribution < -0.4 is 0 Å². The summed E-state index contributed by atoms with van der Waals surface area (Å²) in [6.45, 7) is 0. The molecule has 0 aromatic carbocycles. The lowest BCUT2D eigenvalue weighted by Crippen LogP contribution is -2.02. The highest BCUT2D eigenvalue weighted by Crippen LogP contribution is 2.22. The van der Waals surface area contributed by atoms with Gasteiger partial charge in [0.15, 0.2) is 11.6 Å². The van der Waals surface area contributed by atoms with Gasteiger partial charge in [-0.05, 0) is 62.8 Å². The molecule has 8 nitrogen and oxygen atoms in total. The highest BCUT2D eigenvalue weighted by Gasteiger charge is 2.11. The summed E-state index contributed by atoms with van der Waals surface area (Å²) >= 11 is 16.6. The minimum atomic E-state index is -0.587. The molecule has 0 saturated carbocycles. The Morgan fingerprint density at radius 2 is 1.22 bits per heavy atom. The highest BCUT2D eigenvalue weighted by molar-refractivity contribution is 14.1. The molecule has 0 aliphatic carbocycles. The molecule has 0 aliphatic rings. The van der Waals surface area contributed by atoms with Crippen LogP contribution in [-0.2, 0) is 0 Å². The number of nitrogens with zero attached hydrogens (tertiary/aromatic N) is 8. The minimum Gasteiger partial charge on any atom is -0.244 e. The summed E-state index contributed by atoms with van der Waals surface area (Å²) in [5, 5.41) is 10.6. The van der Waals surface area contributed by atoms with E-state index in [1.807, 2.05) is 22.6 Å². The van der Waals surface area contributed by atoms with Crippen molar-refractivity contribution in [3.8, 4) is 11.6 Å². The molecule has 0 aliphatic heterocycles. The smallest absolute Gasteiger partial charge is 0.229 e. The van der Waals surface area contributed by atoms with E-state index in [1.54, 1.807) is 61.2 Å². The fraction of sp³-hybridized carbons (Fsp3) is 0. The molecule has 6 aromatic heterocycles. The van der Waals surface area contributed by atoms with Crippen LogP contribution in [0.15, 0.2) is 65.7 Å². The van der Waals surface area contributed by atoms with E-state index in [2.05, 4.69) is 46.1 Å². The van der Waals surface area contributed by atoms with Gasteiger partial charge in [-0.15, -0.1) is 0 Å². The van der Waals surface area contributed by atoms with Gasteiger partial charge in [-0.25, -0.2) is 19.3 Å². The first-order valence-corrected chi connectivity index (χ1v) is 12.6. The number of rotatable bonds is 2. The molecule has 6 aromatic rings. The molecular formula is C22H10BrCl2F2IN8. The van der Waals surface area contributed by atoms with Gasteiger partial charge in [-0.2, -0.15) is 28.9 Å². The predicted octanol–water partition coefficient (Wildman–Crippen LogP) is 6.58. The van der Waals surface area contributed by atoms with Crippen LogP contribution in [0.5, 0.6) is 0 Å². The highest BCUT2D eigenvalue weighted by atomic mass is 127. The van der Waals surface area contributed by atoms with E-state index < -0.39 is 11.9 Å². The summed E-state index contributed by atoms with van der Waals surface area (Å²) in [4.78, 5) is 15.6. The van der Waals surface area contributed by atoms with Crippen LogP contribution in [0.1, 0.15) is 0 Å². The number of hydrogen-bond donors (Lipinski definition) is 0. The van der Waals surface area contributed by atoms with Crippen LogP contribution in [0.2, 0.25) is 10.3 Å². The number of hydrogen-bond acceptors (Lipinski definition) is 6. The Labute approximate surface area is 233 Å². The lowest BCUT2D eigenvalue weighted by Gasteiger charge is -2.03. The zero-order valence-electron chi connectivity index (χ0n) is 17.6. The molecule has 6 rings (SSSR count). The number of pyridine rings is 4. The standard InChI is InChI=1S/C11H5BrClFN4.C11H5ClFIN4/c12-7-1-2-10(17-11(7)14)18-8-3-9(13)15-4-6(8)5-16-18;12-9-3-8-6(4-15-9)5-16-18(8)10-2-1-7(14)11(13)17-10/h2*1-5H. The maximum Gasteiger partial charge on any atom is 0.229 e. The minimum absolute atomic E-state index is 0.308. The van der Waals surface area contributed by atoms with Crippen LogP contribution in [0.3, 0.4) is 0 Å². The summed E-state index contributed by atoms with van der Waals surface area (Å²) in [5.41, 5.74) is 1.47. The summed E-state index contributed by atoms with van der Waals surface area (Å²) in [6, 6.07) is 9.91. The largest absolute Gasteiger partial charge is 0.244 e. The molecular weight excluding hydrogens is 692 g/mol. The third-order valence-electron chi connectivity index (χ3n) is 4.85. The van der Waals surface area contributed by atoms with Crippen molar-refractivity contribution < 1.29 is 8.78 Å². The second kappa shape index (κ2) is 10.3. The Bertz CT molecular complexity index is 1620. The first kappa shape index (κ1) is 24.9. The van der Waals surface area contributed by atoms with Gasteiger partial charge < -0.3 is 0 Å². The SMILES string of the molecule is Fc1nc(-n2ncc3cnc(Cl)cc32)ccc1Br.Fc1nc(-n2ncc3cnc(Cl)cc32)ccc1I. The Balaban J connectivity index is 0.000000148. The van der Waals surface area contributed by atoms with Crippen LogP contribution in [0, 0.1) is 15.5 Å². The van der Waals surface area contributed by atoms with Gasteiger partial charge in [0, 0.05) is 35.3 Å². The average Bonchev–Trinajstić information content (AvgIpc) is 3.47. The summed E-state index contributed by atoms with van der Waals surface area (Å²) in [7, 11) is 0. The zero-order chi connectivity index (χ0) is 25.4. The molecule has 0 amide bonds. The fourth-order valence-electron chi connectivity index (χ4n) is 3.21. The van der Waals surface area contributed by atoms with Gasteiger partial charge in [0.2, 0.25) is 11.9 Å². The molecule has 180 valence electrons. The van der Waals surface area contributed by atoms with E-state index in [0.717, 1.165) is 21.8 Å². The van der Waals surface area contributed by atoms with Crippen molar-refractivity contribution in [2.24, 2.45) is 0 Å². The van der Waals surface area contributed by atoms with E-state index in [0.29, 0.717) is 30.0 Å². The van der Waals surface area contributed by atoms with Crippen LogP contribution >= 0.6 is 61.7 Å². The Morgan fingerprint density at radius 3 is 1.72 bits per heavy atom. The van der Waals surface area contributed by atoms with E-state index >= 15 is 0 Å². The number of halogens is 6. The molecule has 0 atom stereocenters. The van der Waals surface area contributed by atoms with E-state index in [-0.39, 0.29) is 0 Å². The zero-order valence-corrected chi connectivity index (χ0v) is 22.9. The maximum absolute atomic E-state index is 13.5. The van der Waals surface area contributed by atoms with E-state index in [4.69, 9.17) is 23.2 Å². The van der Waals surface area contributed by atoms with Crippen molar-refractivity contribution in [1.82, 2.24) is 39.5 Å². The monoisotopic (exact) mass is 700 g/mol. The molecule has 0 spiro atoms. The first-order valence-electron chi connectivity index (χ1n) is 9.93. The van der Waals surface area contributed by atoms with Gasteiger partial charge in [0.25, 0.3) is 0 Å². The summed E-state index contributed by atoms with van der Waals surface area (Å²) in [6.07, 6.45) is 6.48. The van der Waals surface area contributed by atoms with Gasteiger partial charge in [-0.1, -0.05) is 23.2 Å². The topological polar surface area (TPSA) is 87.2 Å². The second-order valence-corrected chi connectivity index (χ2v) is 9.92. The van der Waals surface area contributed by atoms with Crippen molar-refractivity contribution in [1.29, 1.82) is 0 Å². The third-order valence-corrected chi connectivity index (χ3v) is 6.66. The number of aromatic nitrogens is 8. The van der Waals surface area contributed by atoms with Gasteiger partial charge in [-0.3, -0.25) is 0 Å². The lowest BCUT2D eigenvalue weighted by molar-refractivity contribution is 0.570. The van der Waals surface area contributed by atoms with Gasteiger partial charge >= 0.3 is 0 Å². The molecule has 36 heavy (non-hydrogen) atoms. The van der Waals surface area contributed by atoms with Crippen molar-refractivity contribution in [2.45, 2.75) is 0 Å². The first-order chi connectivity index (χ1) is 17.3. The van der Waals surface area contributed by atoms with Crippen molar-refractivity contribution in [2.75, 3.05) is 0 Å². The van der Waals surface area contributed by atoms with Crippen molar-refractivity contribution in [3.05, 3.63) is 91.4 Å². The Kier molecular flexibility index (Phi) is 7.10. The molecule has 0 unspecified atom stereocenters. The van der Waals surface area contributed by atoms with Gasteiger partial charge in [0.05, 0.1) is 31.5 Å². The maximum atomic E-state index is 13.5. The van der Waals surface area contributed by atoms with Crippen molar-refractivity contribution in [3.63, 3.8) is 0 Å². The second-order valence-electron chi connectivity index (χ2n) is 7.13. The average molecular weight is 702 g/mol. The fourth-order valence-corrected chi connectivity index (χ4v) is 4.03. The molecule has 0 saturated heterocycles. The molecule has 6 heterocycles. The number of fused-ring (bicyclic) bond motifs is 2. The lowest BCUT2D eigenvalue weighted by atomic mass is 10.3. The quantitative estimate of drug-likeness (QED) is 0.150. The normalized spacial score (nSPS) is 11.1. The van der Waals surface area contributed by atoms with Crippen LogP contribution in [0.25, 0.3) is 33.4 Å². The summed E-state index contributed by atoms with van der Waals surface area (Å²) in [5.74, 6) is -0.314. The van der Waals surface area contributed by atoms with Gasteiger partial charge in [0.1, 0.15) is 10.3 Å². The van der Waals surface area contributed by atoms with Crippen LogP contribution in [-0.4, -0.2) is 39.5 Å². The van der Waals surface area contributed by atoms with E-state index in [9.17, 15) is 8.78 Å². The Hall–Kier alpha value is -2.81. The summed E-state index contributed by atoms with van der Waals surface area (Å²) < 4.78 is 30.7. The molecule has 14 heteroatoms. The molecule has 0 fully saturated rings. The van der Waals surface area contributed by atoms with E-state index in [1.165, 1.54) is 9.36 Å².